The van der Waals surface area contributed by atoms with Crippen LogP contribution >= 0.6 is 11.8 Å². The van der Waals surface area contributed by atoms with Gasteiger partial charge in [-0.2, -0.15) is 9.61 Å². The van der Waals surface area contributed by atoms with E-state index in [0.29, 0.717) is 35.0 Å². The molecule has 0 unspecified atom stereocenters. The molecule has 0 radical (unpaired) electrons. The van der Waals surface area contributed by atoms with Gasteiger partial charge in [0, 0.05) is 24.2 Å². The number of carbonyl (C=O) groups excluding carboxylic acids is 2. The number of nitrogens with zero attached hydrogens (tertiary/aromatic N) is 4. The molecule has 0 saturated heterocycles. The van der Waals surface area contributed by atoms with Crippen molar-refractivity contribution in [2.75, 3.05) is 17.6 Å². The van der Waals surface area contributed by atoms with Crippen molar-refractivity contribution in [3.05, 3.63) is 82.9 Å². The van der Waals surface area contributed by atoms with Crippen LogP contribution in [0.5, 0.6) is 0 Å². The van der Waals surface area contributed by atoms with Crippen LogP contribution in [0.3, 0.4) is 0 Å². The number of halogens is 1. The van der Waals surface area contributed by atoms with Gasteiger partial charge in [-0.1, -0.05) is 23.9 Å². The number of aryl methyl sites for hydroxylation is 1. The van der Waals surface area contributed by atoms with Crippen LogP contribution in [-0.2, 0) is 11.2 Å². The van der Waals surface area contributed by atoms with E-state index in [9.17, 15) is 14.0 Å². The molecule has 4 rings (SSSR count). The second kappa shape index (κ2) is 10.4. The molecule has 0 saturated carbocycles. The first-order chi connectivity index (χ1) is 16.4. The highest BCUT2D eigenvalue weighted by molar-refractivity contribution is 7.99. The molecule has 2 aromatic heterocycles. The van der Waals surface area contributed by atoms with Crippen molar-refractivity contribution >= 4 is 34.9 Å². The quantitative estimate of drug-likeness (QED) is 0.376. The lowest BCUT2D eigenvalue weighted by Gasteiger charge is -2.10. The summed E-state index contributed by atoms with van der Waals surface area (Å²) in [6, 6.07) is 14.7. The van der Waals surface area contributed by atoms with Gasteiger partial charge in [0.1, 0.15) is 10.8 Å². The molecule has 0 aliphatic carbocycles. The smallest absolute Gasteiger partial charge is 0.251 e. The first-order valence-electron chi connectivity index (χ1n) is 10.6. The molecule has 2 heterocycles. The highest BCUT2D eigenvalue weighted by Gasteiger charge is 2.12. The number of hydrogen-bond acceptors (Lipinski definition) is 6. The Labute approximate surface area is 200 Å². The van der Waals surface area contributed by atoms with Crippen LogP contribution < -0.4 is 10.6 Å². The van der Waals surface area contributed by atoms with Crippen molar-refractivity contribution < 1.29 is 14.0 Å². The Hall–Kier alpha value is -3.79. The summed E-state index contributed by atoms with van der Waals surface area (Å²) in [6.07, 6.45) is 0.405. The molecule has 34 heavy (non-hydrogen) atoms. The lowest BCUT2D eigenvalue weighted by molar-refractivity contribution is -0.113. The van der Waals surface area contributed by atoms with Gasteiger partial charge in [-0.25, -0.2) is 4.39 Å². The van der Waals surface area contributed by atoms with Gasteiger partial charge in [-0.05, 0) is 67.4 Å². The molecule has 174 valence electrons. The van der Waals surface area contributed by atoms with Crippen LogP contribution in [0.4, 0.5) is 10.1 Å². The van der Waals surface area contributed by atoms with Gasteiger partial charge < -0.3 is 10.6 Å². The highest BCUT2D eigenvalue weighted by Crippen LogP contribution is 2.20. The van der Waals surface area contributed by atoms with Crippen LogP contribution in [0, 0.1) is 19.7 Å². The number of nitrogens with one attached hydrogen (secondary N) is 2. The molecule has 10 heteroatoms. The van der Waals surface area contributed by atoms with E-state index in [2.05, 4.69) is 25.9 Å². The normalized spacial score (nSPS) is 10.9. The number of thioether (sulfide) groups is 1. The summed E-state index contributed by atoms with van der Waals surface area (Å²) in [5.74, 6) is -0.0245. The van der Waals surface area contributed by atoms with Gasteiger partial charge in [-0.3, -0.25) is 9.59 Å². The molecule has 2 N–H and O–H groups in total. The summed E-state index contributed by atoms with van der Waals surface area (Å²) in [5.41, 5.74) is 3.91. The SMILES string of the molecule is Cc1cccc(NC(=O)CSc2ccc3nnc(CCNC(=O)c4ccc(F)cc4)n3n2)c1C. The van der Waals surface area contributed by atoms with Crippen molar-refractivity contribution in [1.82, 2.24) is 25.1 Å². The van der Waals surface area contributed by atoms with Crippen LogP contribution in [-0.4, -0.2) is 43.9 Å². The van der Waals surface area contributed by atoms with Gasteiger partial charge in [0.25, 0.3) is 5.91 Å². The van der Waals surface area contributed by atoms with Gasteiger partial charge in [0.2, 0.25) is 5.91 Å². The van der Waals surface area contributed by atoms with Crippen LogP contribution in [0.1, 0.15) is 27.3 Å². The van der Waals surface area contributed by atoms with E-state index < -0.39 is 5.82 Å². The molecule has 4 aromatic rings. The largest absolute Gasteiger partial charge is 0.352 e. The summed E-state index contributed by atoms with van der Waals surface area (Å²) < 4.78 is 14.6. The summed E-state index contributed by atoms with van der Waals surface area (Å²) in [7, 11) is 0. The lowest BCUT2D eigenvalue weighted by Crippen LogP contribution is -2.26. The van der Waals surface area contributed by atoms with E-state index in [0.717, 1.165) is 16.8 Å². The van der Waals surface area contributed by atoms with E-state index in [1.165, 1.54) is 36.0 Å². The number of hydrogen-bond donors (Lipinski definition) is 2. The third kappa shape index (κ3) is 5.57. The number of anilines is 1. The number of aromatic nitrogens is 4. The van der Waals surface area contributed by atoms with Gasteiger partial charge in [0.05, 0.1) is 5.75 Å². The Morgan fingerprint density at radius 2 is 1.82 bits per heavy atom. The maximum atomic E-state index is 13.0. The van der Waals surface area contributed by atoms with E-state index in [4.69, 9.17) is 0 Å². The first-order valence-corrected chi connectivity index (χ1v) is 11.6. The summed E-state index contributed by atoms with van der Waals surface area (Å²) >= 11 is 1.31. The molecule has 0 aliphatic heterocycles. The van der Waals surface area contributed by atoms with Crippen molar-refractivity contribution in [2.45, 2.75) is 25.3 Å². The minimum atomic E-state index is -0.394. The maximum Gasteiger partial charge on any atom is 0.251 e. The minimum absolute atomic E-state index is 0.118. The van der Waals surface area contributed by atoms with Crippen LogP contribution in [0.2, 0.25) is 0 Å². The zero-order chi connectivity index (χ0) is 24.1. The second-order valence-corrected chi connectivity index (χ2v) is 8.65. The van der Waals surface area contributed by atoms with Gasteiger partial charge in [-0.15, -0.1) is 10.2 Å². The minimum Gasteiger partial charge on any atom is -0.352 e. The third-order valence-electron chi connectivity index (χ3n) is 5.27. The number of carbonyl (C=O) groups is 2. The van der Waals surface area contributed by atoms with Crippen molar-refractivity contribution in [2.24, 2.45) is 0 Å². The zero-order valence-electron chi connectivity index (χ0n) is 18.7. The first kappa shape index (κ1) is 23.4. The van der Waals surface area contributed by atoms with Crippen molar-refractivity contribution in [3.8, 4) is 0 Å². The fourth-order valence-corrected chi connectivity index (χ4v) is 3.91. The number of fused-ring (bicyclic) bond motifs is 1. The average molecular weight is 479 g/mol. The van der Waals surface area contributed by atoms with E-state index in [1.54, 1.807) is 16.6 Å². The van der Waals surface area contributed by atoms with Crippen LogP contribution in [0.15, 0.2) is 59.6 Å². The molecule has 0 spiro atoms. The molecule has 2 aromatic carbocycles. The molecule has 0 bridgehead atoms. The van der Waals surface area contributed by atoms with E-state index in [1.807, 2.05) is 32.0 Å². The molecular formula is C24H23FN6O2S. The van der Waals surface area contributed by atoms with Gasteiger partial charge in [0.15, 0.2) is 11.5 Å². The molecular weight excluding hydrogens is 455 g/mol. The van der Waals surface area contributed by atoms with E-state index >= 15 is 0 Å². The molecule has 2 amide bonds. The summed E-state index contributed by atoms with van der Waals surface area (Å²) in [5, 5.41) is 19.2. The Morgan fingerprint density at radius 3 is 2.62 bits per heavy atom. The monoisotopic (exact) mass is 478 g/mol. The van der Waals surface area contributed by atoms with Crippen LogP contribution in [0.25, 0.3) is 5.65 Å². The van der Waals surface area contributed by atoms with Crippen molar-refractivity contribution in [1.29, 1.82) is 0 Å². The number of rotatable bonds is 8. The Balaban J connectivity index is 1.34. The second-order valence-electron chi connectivity index (χ2n) is 7.65. The number of benzene rings is 2. The molecule has 0 aliphatic rings. The lowest BCUT2D eigenvalue weighted by atomic mass is 10.1. The standard InChI is InChI=1S/C24H23FN6O2S/c1-15-4-3-5-19(16(15)2)27-22(32)14-34-23-11-10-20-28-29-21(31(20)30-23)12-13-26-24(33)17-6-8-18(25)9-7-17/h3-11H,12-14H2,1-2H3,(H,26,33)(H,27,32). The Bertz CT molecular complexity index is 1340. The predicted molar refractivity (Wildman–Crippen MR) is 128 cm³/mol. The highest BCUT2D eigenvalue weighted by atomic mass is 32.2. The van der Waals surface area contributed by atoms with Gasteiger partial charge >= 0.3 is 0 Å². The topological polar surface area (TPSA) is 101 Å². The van der Waals surface area contributed by atoms with Crippen molar-refractivity contribution in [3.63, 3.8) is 0 Å². The summed E-state index contributed by atoms with van der Waals surface area (Å²) in [4.78, 5) is 24.6. The zero-order valence-corrected chi connectivity index (χ0v) is 19.5. The fourth-order valence-electron chi connectivity index (χ4n) is 3.25. The van der Waals surface area contributed by atoms with E-state index in [-0.39, 0.29) is 17.6 Å². The third-order valence-corrected chi connectivity index (χ3v) is 6.19. The Morgan fingerprint density at radius 1 is 1.03 bits per heavy atom. The number of amides is 2. The fraction of sp³-hybridized carbons (Fsp3) is 0.208. The average Bonchev–Trinajstić information content (AvgIpc) is 3.23. The summed E-state index contributed by atoms with van der Waals surface area (Å²) in [6.45, 7) is 4.29. The Kier molecular flexibility index (Phi) is 7.17. The maximum absolute atomic E-state index is 13.0. The predicted octanol–water partition coefficient (Wildman–Crippen LogP) is 3.58. The molecule has 0 atom stereocenters. The molecule has 8 nitrogen and oxygen atoms in total. The molecule has 0 fully saturated rings.